The minimum absolute atomic E-state index is 0.0536. The molecule has 1 aliphatic rings. The lowest BCUT2D eigenvalue weighted by Crippen LogP contribution is -2.48. The van der Waals surface area contributed by atoms with Crippen molar-refractivity contribution in [2.45, 2.75) is 32.4 Å². The van der Waals surface area contributed by atoms with Crippen molar-refractivity contribution in [2.24, 2.45) is 5.92 Å². The van der Waals surface area contributed by atoms with Crippen LogP contribution in [0.5, 0.6) is 0 Å². The Labute approximate surface area is 168 Å². The van der Waals surface area contributed by atoms with E-state index in [4.69, 9.17) is 0 Å². The molecule has 0 bridgehead atoms. The van der Waals surface area contributed by atoms with Gasteiger partial charge in [0.15, 0.2) is 0 Å². The SMILES string of the molecule is CCN1C(=O)CC[C@@H](C(=O)NCc2nc3ccccc3[nH]2)[C@@H]1c1ccccc1F. The van der Waals surface area contributed by atoms with Gasteiger partial charge in [0, 0.05) is 18.5 Å². The lowest BCUT2D eigenvalue weighted by molar-refractivity contribution is -0.143. The molecule has 2 atom stereocenters. The summed E-state index contributed by atoms with van der Waals surface area (Å²) < 4.78 is 14.5. The number of likely N-dealkylation sites (tertiary alicyclic amines) is 1. The summed E-state index contributed by atoms with van der Waals surface area (Å²) in [6, 6.07) is 13.4. The molecule has 0 radical (unpaired) electrons. The quantitative estimate of drug-likeness (QED) is 0.697. The molecule has 0 spiro atoms. The Balaban J connectivity index is 1.56. The Hall–Kier alpha value is -3.22. The summed E-state index contributed by atoms with van der Waals surface area (Å²) in [6.07, 6.45) is 0.668. The number of nitrogens with one attached hydrogen (secondary N) is 2. The molecule has 0 aliphatic carbocycles. The molecule has 4 rings (SSSR count). The van der Waals surface area contributed by atoms with Gasteiger partial charge in [-0.15, -0.1) is 0 Å². The fourth-order valence-electron chi connectivity index (χ4n) is 4.09. The van der Waals surface area contributed by atoms with Crippen LogP contribution in [0.1, 0.15) is 37.2 Å². The van der Waals surface area contributed by atoms with Gasteiger partial charge in [0.05, 0.1) is 29.5 Å². The van der Waals surface area contributed by atoms with Gasteiger partial charge >= 0.3 is 0 Å². The van der Waals surface area contributed by atoms with Gasteiger partial charge in [0.2, 0.25) is 11.8 Å². The van der Waals surface area contributed by atoms with E-state index in [0.29, 0.717) is 24.4 Å². The standard InChI is InChI=1S/C22H23FN4O2/c1-2-27-20(28)12-11-15(21(27)14-7-3-4-8-16(14)23)22(29)24-13-19-25-17-9-5-6-10-18(17)26-19/h3-10,15,21H,2,11-13H2,1H3,(H,24,29)(H,25,26)/t15-,21+/m1/s1. The van der Waals surface area contributed by atoms with Crippen molar-refractivity contribution in [1.29, 1.82) is 0 Å². The van der Waals surface area contributed by atoms with Gasteiger partial charge in [-0.3, -0.25) is 9.59 Å². The highest BCUT2D eigenvalue weighted by Crippen LogP contribution is 2.37. The Kier molecular flexibility index (Phi) is 5.29. The number of imidazole rings is 1. The van der Waals surface area contributed by atoms with Crippen LogP contribution in [0.3, 0.4) is 0 Å². The van der Waals surface area contributed by atoms with Gasteiger partial charge in [-0.25, -0.2) is 9.37 Å². The van der Waals surface area contributed by atoms with Crippen molar-refractivity contribution >= 4 is 22.8 Å². The third-order valence-corrected chi connectivity index (χ3v) is 5.48. The minimum atomic E-state index is -0.613. The molecule has 0 saturated carbocycles. The predicted molar refractivity (Wildman–Crippen MR) is 107 cm³/mol. The monoisotopic (exact) mass is 394 g/mol. The number of amides is 2. The van der Waals surface area contributed by atoms with Crippen LogP contribution in [-0.2, 0) is 16.1 Å². The number of aromatic amines is 1. The minimum Gasteiger partial charge on any atom is -0.349 e. The number of carbonyl (C=O) groups excluding carboxylic acids is 2. The lowest BCUT2D eigenvalue weighted by Gasteiger charge is -2.40. The Morgan fingerprint density at radius 3 is 2.76 bits per heavy atom. The number of halogens is 1. The van der Waals surface area contributed by atoms with Crippen molar-refractivity contribution in [2.75, 3.05) is 6.54 Å². The van der Waals surface area contributed by atoms with Gasteiger partial charge in [-0.05, 0) is 31.5 Å². The molecular formula is C22H23FN4O2. The summed E-state index contributed by atoms with van der Waals surface area (Å²) in [4.78, 5) is 34.7. The third-order valence-electron chi connectivity index (χ3n) is 5.48. The normalized spacial score (nSPS) is 19.5. The van der Waals surface area contributed by atoms with Crippen LogP contribution in [0.2, 0.25) is 0 Å². The number of para-hydroxylation sites is 2. The number of benzene rings is 2. The summed E-state index contributed by atoms with van der Waals surface area (Å²) in [5, 5.41) is 2.92. The van der Waals surface area contributed by atoms with Gasteiger partial charge in [-0.1, -0.05) is 30.3 Å². The van der Waals surface area contributed by atoms with Gasteiger partial charge in [0.1, 0.15) is 11.6 Å². The second-order valence-corrected chi connectivity index (χ2v) is 7.21. The Bertz CT molecular complexity index is 1010. The molecule has 2 aromatic carbocycles. The highest BCUT2D eigenvalue weighted by atomic mass is 19.1. The molecule has 1 aliphatic heterocycles. The zero-order valence-electron chi connectivity index (χ0n) is 16.2. The fraction of sp³-hybridized carbons (Fsp3) is 0.318. The number of carbonyl (C=O) groups is 2. The molecular weight excluding hydrogens is 371 g/mol. The first kappa shape index (κ1) is 19.1. The predicted octanol–water partition coefficient (Wildman–Crippen LogP) is 3.32. The van der Waals surface area contributed by atoms with Crippen molar-refractivity contribution < 1.29 is 14.0 Å². The number of aromatic nitrogens is 2. The van der Waals surface area contributed by atoms with E-state index in [1.54, 1.807) is 23.1 Å². The first-order chi connectivity index (χ1) is 14.1. The molecule has 3 aromatic rings. The van der Waals surface area contributed by atoms with Crippen LogP contribution in [0, 0.1) is 11.7 Å². The molecule has 150 valence electrons. The van der Waals surface area contributed by atoms with Crippen LogP contribution < -0.4 is 5.32 Å². The van der Waals surface area contributed by atoms with Crippen molar-refractivity contribution in [3.8, 4) is 0 Å². The summed E-state index contributed by atoms with van der Waals surface area (Å²) in [5.74, 6) is -0.525. The second kappa shape index (κ2) is 8.03. The summed E-state index contributed by atoms with van der Waals surface area (Å²) in [7, 11) is 0. The van der Waals surface area contributed by atoms with E-state index in [0.717, 1.165) is 11.0 Å². The number of H-pyrrole nitrogens is 1. The van der Waals surface area contributed by atoms with Crippen LogP contribution in [0.4, 0.5) is 4.39 Å². The average molecular weight is 394 g/mol. The maximum Gasteiger partial charge on any atom is 0.225 e. The fourth-order valence-corrected chi connectivity index (χ4v) is 4.09. The van der Waals surface area contributed by atoms with E-state index in [9.17, 15) is 14.0 Å². The molecule has 1 fully saturated rings. The van der Waals surface area contributed by atoms with Crippen molar-refractivity contribution in [3.05, 3.63) is 65.7 Å². The number of rotatable bonds is 5. The molecule has 7 heteroatoms. The Morgan fingerprint density at radius 2 is 2.00 bits per heavy atom. The average Bonchev–Trinajstić information content (AvgIpc) is 3.15. The van der Waals surface area contributed by atoms with E-state index in [1.165, 1.54) is 6.07 Å². The number of piperidine rings is 1. The number of hydrogen-bond donors (Lipinski definition) is 2. The van der Waals surface area contributed by atoms with E-state index in [1.807, 2.05) is 31.2 Å². The molecule has 2 N–H and O–H groups in total. The third kappa shape index (κ3) is 3.72. The van der Waals surface area contributed by atoms with E-state index >= 15 is 0 Å². The van der Waals surface area contributed by atoms with E-state index in [-0.39, 0.29) is 24.8 Å². The molecule has 1 saturated heterocycles. The number of nitrogens with zero attached hydrogens (tertiary/aromatic N) is 2. The van der Waals surface area contributed by atoms with Crippen LogP contribution in [0.25, 0.3) is 11.0 Å². The van der Waals surface area contributed by atoms with Gasteiger partial charge in [0.25, 0.3) is 0 Å². The molecule has 2 amide bonds. The molecule has 1 aromatic heterocycles. The number of hydrogen-bond acceptors (Lipinski definition) is 3. The first-order valence-electron chi connectivity index (χ1n) is 9.83. The topological polar surface area (TPSA) is 78.1 Å². The zero-order valence-corrected chi connectivity index (χ0v) is 16.2. The maximum atomic E-state index is 14.5. The molecule has 29 heavy (non-hydrogen) atoms. The van der Waals surface area contributed by atoms with E-state index < -0.39 is 17.8 Å². The van der Waals surface area contributed by atoms with Crippen LogP contribution in [-0.4, -0.2) is 33.2 Å². The molecule has 0 unspecified atom stereocenters. The summed E-state index contributed by atoms with van der Waals surface area (Å²) in [5.41, 5.74) is 2.12. The molecule has 6 nitrogen and oxygen atoms in total. The lowest BCUT2D eigenvalue weighted by atomic mass is 9.83. The second-order valence-electron chi connectivity index (χ2n) is 7.21. The summed E-state index contributed by atoms with van der Waals surface area (Å²) >= 11 is 0. The highest BCUT2D eigenvalue weighted by Gasteiger charge is 2.40. The smallest absolute Gasteiger partial charge is 0.225 e. The molecule has 2 heterocycles. The van der Waals surface area contributed by atoms with Gasteiger partial charge in [-0.2, -0.15) is 0 Å². The first-order valence-corrected chi connectivity index (χ1v) is 9.83. The summed E-state index contributed by atoms with van der Waals surface area (Å²) in [6.45, 7) is 2.51. The highest BCUT2D eigenvalue weighted by molar-refractivity contribution is 5.85. The van der Waals surface area contributed by atoms with E-state index in [2.05, 4.69) is 15.3 Å². The van der Waals surface area contributed by atoms with Crippen molar-refractivity contribution in [1.82, 2.24) is 20.2 Å². The maximum absolute atomic E-state index is 14.5. The van der Waals surface area contributed by atoms with Gasteiger partial charge < -0.3 is 15.2 Å². The van der Waals surface area contributed by atoms with Crippen LogP contribution in [0.15, 0.2) is 48.5 Å². The zero-order chi connectivity index (χ0) is 20.4. The number of fused-ring (bicyclic) bond motifs is 1. The van der Waals surface area contributed by atoms with Crippen molar-refractivity contribution in [3.63, 3.8) is 0 Å². The van der Waals surface area contributed by atoms with Crippen LogP contribution >= 0.6 is 0 Å². The largest absolute Gasteiger partial charge is 0.349 e. The Morgan fingerprint density at radius 1 is 1.24 bits per heavy atom.